The van der Waals surface area contributed by atoms with Crippen molar-refractivity contribution in [1.82, 2.24) is 0 Å². The van der Waals surface area contributed by atoms with Gasteiger partial charge < -0.3 is 0 Å². The molecule has 0 spiro atoms. The van der Waals surface area contributed by atoms with Gasteiger partial charge in [0.15, 0.2) is 0 Å². The van der Waals surface area contributed by atoms with Crippen LogP contribution in [0.25, 0.3) is 0 Å². The third-order valence-electron chi connectivity index (χ3n) is 1.60. The van der Waals surface area contributed by atoms with Crippen LogP contribution in [0.1, 0.15) is 27.7 Å². The third-order valence-corrected chi connectivity index (χ3v) is 4.79. The molecule has 0 heterocycles. The Morgan fingerprint density at radius 2 is 1.33 bits per heavy atom. The second-order valence-corrected chi connectivity index (χ2v) is 6.32. The minimum Gasteiger partial charge on any atom is -0.267 e. The fraction of sp³-hybridized carbons (Fsp3) is 0.857. The number of rotatable bonds is 2. The highest BCUT2D eigenvalue weighted by molar-refractivity contribution is 8.01. The van der Waals surface area contributed by atoms with Crippen molar-refractivity contribution in [1.29, 1.82) is 0 Å². The molecule has 0 aromatic carbocycles. The van der Waals surface area contributed by atoms with Gasteiger partial charge in [-0.15, -0.1) is 0 Å². The van der Waals surface area contributed by atoms with Crippen molar-refractivity contribution in [2.24, 2.45) is 0 Å². The smallest absolute Gasteiger partial charge is 0.0218 e. The van der Waals surface area contributed by atoms with Crippen LogP contribution in [0, 0.1) is 0 Å². The lowest BCUT2D eigenvalue weighted by atomic mass is 10.5. The van der Waals surface area contributed by atoms with Gasteiger partial charge >= 0.3 is 0 Å². The molecule has 0 amide bonds. The van der Waals surface area contributed by atoms with Gasteiger partial charge in [-0.05, 0) is 15.4 Å². The van der Waals surface area contributed by atoms with E-state index in [1.807, 2.05) is 27.7 Å². The molecule has 0 saturated heterocycles. The fourth-order valence-corrected chi connectivity index (χ4v) is 1.63. The predicted molar refractivity (Wildman–Crippen MR) is 45.5 cm³/mol. The van der Waals surface area contributed by atoms with E-state index in [0.29, 0.717) is 0 Å². The summed E-state index contributed by atoms with van der Waals surface area (Å²) in [6.45, 7) is 7.81. The topological polar surface area (TPSA) is 17.1 Å². The van der Waals surface area contributed by atoms with Crippen molar-refractivity contribution in [2.75, 3.05) is 0 Å². The van der Waals surface area contributed by atoms with Crippen LogP contribution in [-0.2, 0) is 9.52 Å². The van der Waals surface area contributed by atoms with Crippen molar-refractivity contribution in [3.05, 3.63) is 0 Å². The molecule has 0 unspecified atom stereocenters. The SMILES string of the molecule is C=S(=O)(C(C)C)C(C)C. The summed E-state index contributed by atoms with van der Waals surface area (Å²) in [6, 6.07) is 0. The normalized spacial score (nSPS) is 13.1. The number of hydrogen-bond donors (Lipinski definition) is 0. The average molecular weight is 148 g/mol. The summed E-state index contributed by atoms with van der Waals surface area (Å²) in [7, 11) is -1.81. The molecule has 0 rings (SSSR count). The van der Waals surface area contributed by atoms with Gasteiger partial charge in [0.1, 0.15) is 0 Å². The van der Waals surface area contributed by atoms with Crippen LogP contribution in [0.3, 0.4) is 0 Å². The highest BCUT2D eigenvalue weighted by atomic mass is 32.2. The Kier molecular flexibility index (Phi) is 2.74. The third kappa shape index (κ3) is 2.01. The van der Waals surface area contributed by atoms with E-state index in [1.165, 1.54) is 0 Å². The maximum Gasteiger partial charge on any atom is 0.0218 e. The lowest BCUT2D eigenvalue weighted by Gasteiger charge is -2.16. The Morgan fingerprint density at radius 1 is 1.11 bits per heavy atom. The lowest BCUT2D eigenvalue weighted by Crippen LogP contribution is -2.22. The van der Waals surface area contributed by atoms with Crippen molar-refractivity contribution in [3.63, 3.8) is 0 Å². The van der Waals surface area contributed by atoms with Gasteiger partial charge in [0, 0.05) is 10.5 Å². The minimum absolute atomic E-state index is 0.206. The molecule has 0 fully saturated rings. The summed E-state index contributed by atoms with van der Waals surface area (Å²) < 4.78 is 11.5. The van der Waals surface area contributed by atoms with E-state index in [9.17, 15) is 4.21 Å². The molecule has 2 heteroatoms. The minimum atomic E-state index is -1.81. The monoisotopic (exact) mass is 148 g/mol. The Hall–Kier alpha value is 0.0200. The molecule has 0 aliphatic rings. The summed E-state index contributed by atoms with van der Waals surface area (Å²) in [6.07, 6.45) is 0. The zero-order valence-electron chi connectivity index (χ0n) is 6.68. The van der Waals surface area contributed by atoms with Crippen molar-refractivity contribution < 1.29 is 4.21 Å². The quantitative estimate of drug-likeness (QED) is 0.543. The molecular weight excluding hydrogens is 132 g/mol. The molecule has 0 atom stereocenters. The molecule has 9 heavy (non-hydrogen) atoms. The molecule has 0 aliphatic heterocycles. The zero-order chi connectivity index (χ0) is 7.65. The molecule has 0 N–H and O–H groups in total. The Labute approximate surface area is 58.5 Å². The Bertz CT molecular complexity index is 149. The molecule has 0 aliphatic carbocycles. The first-order chi connectivity index (χ1) is 3.89. The summed E-state index contributed by atoms with van der Waals surface area (Å²) in [4.78, 5) is 0. The van der Waals surface area contributed by atoms with E-state index in [2.05, 4.69) is 5.87 Å². The van der Waals surface area contributed by atoms with E-state index in [1.54, 1.807) is 0 Å². The largest absolute Gasteiger partial charge is 0.267 e. The lowest BCUT2D eigenvalue weighted by molar-refractivity contribution is 0.667. The van der Waals surface area contributed by atoms with E-state index >= 15 is 0 Å². The predicted octanol–water partition coefficient (Wildman–Crippen LogP) is 1.52. The van der Waals surface area contributed by atoms with Crippen LogP contribution < -0.4 is 0 Å². The van der Waals surface area contributed by atoms with Crippen LogP contribution in [0.2, 0.25) is 0 Å². The first kappa shape index (κ1) is 9.02. The van der Waals surface area contributed by atoms with Crippen molar-refractivity contribution in [3.8, 4) is 0 Å². The van der Waals surface area contributed by atoms with Crippen LogP contribution in [0.4, 0.5) is 0 Å². The van der Waals surface area contributed by atoms with E-state index in [-0.39, 0.29) is 10.5 Å². The van der Waals surface area contributed by atoms with Gasteiger partial charge in [-0.3, -0.25) is 4.21 Å². The second-order valence-electron chi connectivity index (χ2n) is 2.88. The van der Waals surface area contributed by atoms with Gasteiger partial charge in [0.2, 0.25) is 0 Å². The van der Waals surface area contributed by atoms with Crippen LogP contribution >= 0.6 is 0 Å². The summed E-state index contributed by atoms with van der Waals surface area (Å²) >= 11 is 0. The van der Waals surface area contributed by atoms with Gasteiger partial charge in [-0.2, -0.15) is 0 Å². The standard InChI is InChI=1S/C7H16OS/c1-6(2)9(5,8)7(3)4/h6-7H,5H2,1-4H3. The van der Waals surface area contributed by atoms with E-state index < -0.39 is 9.52 Å². The molecule has 0 saturated carbocycles. The summed E-state index contributed by atoms with van der Waals surface area (Å²) in [5, 5.41) is 0.412. The second kappa shape index (κ2) is 2.74. The highest BCUT2D eigenvalue weighted by Crippen LogP contribution is 2.06. The van der Waals surface area contributed by atoms with Crippen LogP contribution in [0.5, 0.6) is 0 Å². The van der Waals surface area contributed by atoms with Crippen LogP contribution in [0.15, 0.2) is 0 Å². The molecule has 56 valence electrons. The molecule has 0 radical (unpaired) electrons. The Morgan fingerprint density at radius 3 is 1.33 bits per heavy atom. The van der Waals surface area contributed by atoms with Crippen molar-refractivity contribution >= 4 is 15.4 Å². The zero-order valence-corrected chi connectivity index (χ0v) is 7.49. The Balaban J connectivity index is 4.42. The molecule has 0 aromatic rings. The van der Waals surface area contributed by atoms with Gasteiger partial charge in [0.05, 0.1) is 0 Å². The highest BCUT2D eigenvalue weighted by Gasteiger charge is 2.12. The molecular formula is C7H16OS. The maximum atomic E-state index is 11.5. The van der Waals surface area contributed by atoms with Crippen LogP contribution in [-0.4, -0.2) is 20.6 Å². The average Bonchev–Trinajstić information content (AvgIpc) is 1.65. The first-order valence-electron chi connectivity index (χ1n) is 3.24. The maximum absolute atomic E-state index is 11.5. The van der Waals surface area contributed by atoms with Gasteiger partial charge in [-0.1, -0.05) is 27.7 Å². The first-order valence-corrected chi connectivity index (χ1v) is 5.09. The van der Waals surface area contributed by atoms with E-state index in [0.717, 1.165) is 0 Å². The molecule has 1 nitrogen and oxygen atoms in total. The molecule has 0 aromatic heterocycles. The van der Waals surface area contributed by atoms with Gasteiger partial charge in [0.25, 0.3) is 0 Å². The van der Waals surface area contributed by atoms with Gasteiger partial charge in [-0.25, -0.2) is 0 Å². The molecule has 0 bridgehead atoms. The number of hydrogen-bond acceptors (Lipinski definition) is 1. The fourth-order valence-electron chi connectivity index (χ4n) is 0.544. The van der Waals surface area contributed by atoms with E-state index in [4.69, 9.17) is 0 Å². The summed E-state index contributed by atoms with van der Waals surface area (Å²) in [5.41, 5.74) is 0. The summed E-state index contributed by atoms with van der Waals surface area (Å²) in [5.74, 6) is 3.70. The van der Waals surface area contributed by atoms with Crippen molar-refractivity contribution in [2.45, 2.75) is 38.2 Å².